The van der Waals surface area contributed by atoms with Crippen molar-refractivity contribution in [2.24, 2.45) is 0 Å². The molecule has 0 unspecified atom stereocenters. The topological polar surface area (TPSA) is 97.5 Å². The highest BCUT2D eigenvalue weighted by Gasteiger charge is 2.39. The minimum absolute atomic E-state index is 0.101. The zero-order valence-electron chi connectivity index (χ0n) is 15.4. The third kappa shape index (κ3) is 2.59. The van der Waals surface area contributed by atoms with E-state index < -0.39 is 12.1 Å². The Morgan fingerprint density at radius 1 is 0.517 bits per heavy atom. The van der Waals surface area contributed by atoms with Crippen LogP contribution in [0.4, 0.5) is 0 Å². The first-order valence-electron chi connectivity index (χ1n) is 9.44. The molecule has 0 spiro atoms. The molecule has 1 aliphatic rings. The van der Waals surface area contributed by atoms with E-state index in [9.17, 15) is 20.4 Å². The predicted octanol–water partition coefficient (Wildman–Crippen LogP) is 3.42. The molecule has 0 saturated carbocycles. The van der Waals surface area contributed by atoms with Crippen molar-refractivity contribution in [2.45, 2.75) is 12.1 Å². The summed E-state index contributed by atoms with van der Waals surface area (Å²) in [5.74, 6) is 0.462. The number of benzene rings is 4. The number of quaternary nitrogens is 1. The lowest BCUT2D eigenvalue weighted by Crippen LogP contribution is -2.87. The molecule has 0 fully saturated rings. The Labute approximate surface area is 167 Å². The second-order valence-corrected chi connectivity index (χ2v) is 7.36. The molecule has 4 aromatic carbocycles. The van der Waals surface area contributed by atoms with Gasteiger partial charge in [0.15, 0.2) is 0 Å². The van der Waals surface area contributed by atoms with Gasteiger partial charge in [-0.3, -0.25) is 0 Å². The Balaban J connectivity index is 1.88. The van der Waals surface area contributed by atoms with Gasteiger partial charge in [-0.25, -0.2) is 0 Å². The van der Waals surface area contributed by atoms with E-state index >= 15 is 0 Å². The molecule has 1 heterocycles. The summed E-state index contributed by atoms with van der Waals surface area (Å²) in [5.41, 5.74) is 2.59. The van der Waals surface area contributed by atoms with Gasteiger partial charge in [-0.15, -0.1) is 0 Å². The molecule has 0 amide bonds. The number of nitrogens with two attached hydrogens (primary N) is 1. The van der Waals surface area contributed by atoms with E-state index in [0.29, 0.717) is 22.3 Å². The normalized spacial score (nSPS) is 18.1. The average Bonchev–Trinajstić information content (AvgIpc) is 2.72. The molecule has 1 aliphatic heterocycles. The Bertz CT molecular complexity index is 1160. The van der Waals surface area contributed by atoms with Crippen LogP contribution < -0.4 is 5.32 Å². The molecule has 5 heteroatoms. The minimum Gasteiger partial charge on any atom is -0.507 e. The molecule has 0 bridgehead atoms. The van der Waals surface area contributed by atoms with Gasteiger partial charge < -0.3 is 25.7 Å². The van der Waals surface area contributed by atoms with Crippen molar-refractivity contribution in [1.82, 2.24) is 0 Å². The van der Waals surface area contributed by atoms with E-state index in [1.165, 1.54) is 0 Å². The summed E-state index contributed by atoms with van der Waals surface area (Å²) >= 11 is 0. The predicted molar refractivity (Wildman–Crippen MR) is 109 cm³/mol. The van der Waals surface area contributed by atoms with Gasteiger partial charge in [-0.05, 0) is 41.8 Å². The Morgan fingerprint density at radius 2 is 0.966 bits per heavy atom. The van der Waals surface area contributed by atoms with Crippen molar-refractivity contribution < 1.29 is 25.7 Å². The summed E-state index contributed by atoms with van der Waals surface area (Å²) < 4.78 is 0. The van der Waals surface area contributed by atoms with Crippen LogP contribution in [0.25, 0.3) is 10.8 Å². The molecule has 5 nitrogen and oxygen atoms in total. The van der Waals surface area contributed by atoms with E-state index in [1.807, 2.05) is 41.7 Å². The van der Waals surface area contributed by atoms with Crippen LogP contribution in [-0.4, -0.2) is 20.4 Å². The molecule has 0 saturated heterocycles. The summed E-state index contributed by atoms with van der Waals surface area (Å²) in [5, 5.41) is 46.1. The quantitative estimate of drug-likeness (QED) is 0.365. The monoisotopic (exact) mass is 386 g/mol. The SMILES string of the molecule is Oc1ccccc1[C@@H]1[NH2+][C@@H](c2ccccc2O)c2c(O)ccc3ccc(O)c1c23. The van der Waals surface area contributed by atoms with Gasteiger partial charge in [0.25, 0.3) is 0 Å². The molecule has 0 aromatic heterocycles. The fraction of sp³-hybridized carbons (Fsp3) is 0.0833. The zero-order valence-corrected chi connectivity index (χ0v) is 15.4. The molecule has 0 aliphatic carbocycles. The molecule has 6 N–H and O–H groups in total. The van der Waals surface area contributed by atoms with Crippen molar-refractivity contribution in [1.29, 1.82) is 0 Å². The molecular formula is C24H20NO4+. The maximum absolute atomic E-state index is 10.8. The molecular weight excluding hydrogens is 366 g/mol. The van der Waals surface area contributed by atoms with Crippen LogP contribution in [0.15, 0.2) is 72.8 Å². The Morgan fingerprint density at radius 3 is 1.41 bits per heavy atom. The minimum atomic E-state index is -0.418. The molecule has 5 rings (SSSR count). The summed E-state index contributed by atoms with van der Waals surface area (Å²) in [7, 11) is 0. The lowest BCUT2D eigenvalue weighted by atomic mass is 9.81. The van der Waals surface area contributed by atoms with Gasteiger partial charge in [0, 0.05) is 5.39 Å². The van der Waals surface area contributed by atoms with Crippen molar-refractivity contribution in [2.75, 3.05) is 0 Å². The van der Waals surface area contributed by atoms with Crippen LogP contribution in [0.3, 0.4) is 0 Å². The van der Waals surface area contributed by atoms with Gasteiger partial charge in [-0.2, -0.15) is 0 Å². The second kappa shape index (κ2) is 6.43. The fourth-order valence-corrected chi connectivity index (χ4v) is 4.49. The number of hydrogen-bond donors (Lipinski definition) is 5. The highest BCUT2D eigenvalue weighted by atomic mass is 16.3. The molecule has 0 radical (unpaired) electrons. The third-order valence-corrected chi connectivity index (χ3v) is 5.77. The molecule has 4 aromatic rings. The lowest BCUT2D eigenvalue weighted by Gasteiger charge is -2.32. The second-order valence-electron chi connectivity index (χ2n) is 7.36. The highest BCUT2D eigenvalue weighted by molar-refractivity contribution is 5.94. The van der Waals surface area contributed by atoms with Gasteiger partial charge in [-0.1, -0.05) is 36.4 Å². The van der Waals surface area contributed by atoms with E-state index in [4.69, 9.17) is 0 Å². The first-order valence-corrected chi connectivity index (χ1v) is 9.44. The summed E-state index contributed by atoms with van der Waals surface area (Å²) in [6, 6.07) is 20.1. The fourth-order valence-electron chi connectivity index (χ4n) is 4.49. The van der Waals surface area contributed by atoms with Crippen LogP contribution >= 0.6 is 0 Å². The Kier molecular flexibility index (Phi) is 3.86. The number of rotatable bonds is 2. The van der Waals surface area contributed by atoms with Crippen LogP contribution in [-0.2, 0) is 0 Å². The van der Waals surface area contributed by atoms with Crippen LogP contribution in [0.5, 0.6) is 23.0 Å². The smallest absolute Gasteiger partial charge is 0.146 e. The van der Waals surface area contributed by atoms with Gasteiger partial charge in [0.05, 0.1) is 22.3 Å². The van der Waals surface area contributed by atoms with Gasteiger partial charge in [0.1, 0.15) is 35.1 Å². The van der Waals surface area contributed by atoms with E-state index in [1.54, 1.807) is 36.4 Å². The number of para-hydroxylation sites is 2. The largest absolute Gasteiger partial charge is 0.507 e. The molecule has 144 valence electrons. The zero-order chi connectivity index (χ0) is 20.1. The Hall–Kier alpha value is -3.70. The molecule has 2 atom stereocenters. The van der Waals surface area contributed by atoms with Crippen molar-refractivity contribution in [3.05, 3.63) is 95.1 Å². The lowest BCUT2D eigenvalue weighted by molar-refractivity contribution is -0.719. The van der Waals surface area contributed by atoms with Gasteiger partial charge >= 0.3 is 0 Å². The number of hydrogen-bond acceptors (Lipinski definition) is 4. The highest BCUT2D eigenvalue weighted by Crippen LogP contribution is 2.46. The van der Waals surface area contributed by atoms with Crippen LogP contribution in [0, 0.1) is 0 Å². The van der Waals surface area contributed by atoms with Crippen molar-refractivity contribution in [3.8, 4) is 23.0 Å². The number of phenolic OH excluding ortho intramolecular Hbond substituents is 4. The summed E-state index contributed by atoms with van der Waals surface area (Å²) in [6.45, 7) is 0. The average molecular weight is 386 g/mol. The first kappa shape index (κ1) is 17.4. The van der Waals surface area contributed by atoms with Crippen molar-refractivity contribution >= 4 is 10.8 Å². The van der Waals surface area contributed by atoms with Crippen LogP contribution in [0.1, 0.15) is 34.3 Å². The maximum atomic E-state index is 10.8. The summed E-state index contributed by atoms with van der Waals surface area (Å²) in [6.07, 6.45) is 0. The first-order chi connectivity index (χ1) is 14.1. The van der Waals surface area contributed by atoms with Crippen molar-refractivity contribution in [3.63, 3.8) is 0 Å². The maximum Gasteiger partial charge on any atom is 0.146 e. The number of aromatic hydroxyl groups is 4. The van der Waals surface area contributed by atoms with Gasteiger partial charge in [0.2, 0.25) is 0 Å². The van der Waals surface area contributed by atoms with E-state index in [-0.39, 0.29) is 23.0 Å². The molecule has 29 heavy (non-hydrogen) atoms. The van der Waals surface area contributed by atoms with Crippen LogP contribution in [0.2, 0.25) is 0 Å². The summed E-state index contributed by atoms with van der Waals surface area (Å²) in [4.78, 5) is 0. The third-order valence-electron chi connectivity index (χ3n) is 5.77. The number of phenols is 4. The van der Waals surface area contributed by atoms with E-state index in [2.05, 4.69) is 0 Å². The van der Waals surface area contributed by atoms with E-state index in [0.717, 1.165) is 10.8 Å². The standard InChI is InChI=1S/C24H19NO4/c26-16-7-3-1-5-14(16)23-21-18(28)11-9-13-10-12-19(29)22(20(13)21)24(25-23)15-6-2-4-8-17(15)27/h1-12,23-29H/p+1/t23-,24-/m0/s1.